The van der Waals surface area contributed by atoms with Crippen LogP contribution in [0.25, 0.3) is 0 Å². The van der Waals surface area contributed by atoms with Gasteiger partial charge in [-0.15, -0.1) is 0 Å². The van der Waals surface area contributed by atoms with Gasteiger partial charge in [0.15, 0.2) is 0 Å². The highest BCUT2D eigenvalue weighted by Gasteiger charge is 2.30. The van der Waals surface area contributed by atoms with Crippen LogP contribution in [-0.2, 0) is 0 Å². The number of aliphatic hydroxyl groups is 1. The lowest BCUT2D eigenvalue weighted by molar-refractivity contribution is 0.250. The fourth-order valence-electron chi connectivity index (χ4n) is 2.55. The summed E-state index contributed by atoms with van der Waals surface area (Å²) in [6.07, 6.45) is 6.08. The third kappa shape index (κ3) is 4.89. The van der Waals surface area contributed by atoms with Gasteiger partial charge in [0.1, 0.15) is 0 Å². The number of rotatable bonds is 6. The highest BCUT2D eigenvalue weighted by molar-refractivity contribution is 7.99. The van der Waals surface area contributed by atoms with E-state index < -0.39 is 0 Å². The van der Waals surface area contributed by atoms with E-state index in [1.807, 2.05) is 11.8 Å². The van der Waals surface area contributed by atoms with Crippen molar-refractivity contribution in [3.8, 4) is 6.07 Å². The van der Waals surface area contributed by atoms with Gasteiger partial charge >= 0.3 is 0 Å². The molecule has 1 saturated carbocycles. The first kappa shape index (κ1) is 14.9. The molecule has 4 unspecified atom stereocenters. The highest BCUT2D eigenvalue weighted by atomic mass is 32.2. The summed E-state index contributed by atoms with van der Waals surface area (Å²) < 4.78 is 0. The van der Waals surface area contributed by atoms with E-state index in [0.717, 1.165) is 18.1 Å². The lowest BCUT2D eigenvalue weighted by atomic mass is 9.80. The summed E-state index contributed by atoms with van der Waals surface area (Å²) in [6, 6.07) is 2.48. The van der Waals surface area contributed by atoms with Crippen LogP contribution in [0.5, 0.6) is 0 Å². The molecule has 1 aliphatic carbocycles. The van der Waals surface area contributed by atoms with Crippen molar-refractivity contribution in [2.45, 2.75) is 51.2 Å². The normalized spacial score (nSPS) is 30.8. The molecule has 0 aromatic heterocycles. The second-order valence-corrected chi connectivity index (χ2v) is 6.64. The molecule has 98 valence electrons. The zero-order valence-electron chi connectivity index (χ0n) is 11.1. The van der Waals surface area contributed by atoms with Gasteiger partial charge in [0.25, 0.3) is 0 Å². The van der Waals surface area contributed by atoms with E-state index >= 15 is 0 Å². The maximum absolute atomic E-state index is 9.19. The molecule has 0 bridgehead atoms. The molecule has 0 aliphatic heterocycles. The van der Waals surface area contributed by atoms with Gasteiger partial charge in [0.05, 0.1) is 12.0 Å². The molecule has 4 atom stereocenters. The first-order valence-electron chi connectivity index (χ1n) is 6.83. The van der Waals surface area contributed by atoms with Crippen molar-refractivity contribution >= 4 is 11.8 Å². The van der Waals surface area contributed by atoms with E-state index in [2.05, 4.69) is 19.9 Å². The van der Waals surface area contributed by atoms with Gasteiger partial charge in [0.2, 0.25) is 0 Å². The average molecular weight is 255 g/mol. The van der Waals surface area contributed by atoms with Gasteiger partial charge in [-0.3, -0.25) is 0 Å². The zero-order valence-corrected chi connectivity index (χ0v) is 11.9. The molecule has 17 heavy (non-hydrogen) atoms. The molecule has 1 N–H and O–H groups in total. The maximum Gasteiger partial charge on any atom is 0.0667 e. The number of aliphatic hydroxyl groups excluding tert-OH is 1. The van der Waals surface area contributed by atoms with Gasteiger partial charge in [0, 0.05) is 11.9 Å². The van der Waals surface area contributed by atoms with Crippen LogP contribution < -0.4 is 0 Å². The molecule has 0 aromatic rings. The Labute approximate surface area is 110 Å². The topological polar surface area (TPSA) is 44.0 Å². The van der Waals surface area contributed by atoms with Crippen LogP contribution in [0.4, 0.5) is 0 Å². The highest BCUT2D eigenvalue weighted by Crippen LogP contribution is 2.38. The second kappa shape index (κ2) is 8.00. The Morgan fingerprint density at radius 3 is 2.82 bits per heavy atom. The van der Waals surface area contributed by atoms with Crippen molar-refractivity contribution in [3.05, 3.63) is 0 Å². The van der Waals surface area contributed by atoms with Crippen LogP contribution in [0.2, 0.25) is 0 Å². The largest absolute Gasteiger partial charge is 0.396 e. The van der Waals surface area contributed by atoms with Crippen molar-refractivity contribution in [3.63, 3.8) is 0 Å². The van der Waals surface area contributed by atoms with Crippen LogP contribution in [0, 0.1) is 29.1 Å². The molecule has 2 nitrogen and oxygen atoms in total. The maximum atomic E-state index is 9.19. The van der Waals surface area contributed by atoms with Crippen LogP contribution in [0.15, 0.2) is 0 Å². The summed E-state index contributed by atoms with van der Waals surface area (Å²) in [5.41, 5.74) is 0. The fraction of sp³-hybridized carbons (Fsp3) is 0.929. The molecular formula is C14H25NOS. The molecule has 1 rings (SSSR count). The Morgan fingerprint density at radius 2 is 2.24 bits per heavy atom. The minimum absolute atomic E-state index is 0.235. The van der Waals surface area contributed by atoms with Crippen molar-refractivity contribution in [2.75, 3.05) is 12.4 Å². The van der Waals surface area contributed by atoms with E-state index in [4.69, 9.17) is 5.11 Å². The van der Waals surface area contributed by atoms with Crippen molar-refractivity contribution < 1.29 is 5.11 Å². The Balaban J connectivity index is 2.43. The second-order valence-electron chi connectivity index (χ2n) is 5.36. The number of nitriles is 1. The molecule has 0 amide bonds. The van der Waals surface area contributed by atoms with Crippen molar-refractivity contribution in [1.29, 1.82) is 5.26 Å². The quantitative estimate of drug-likeness (QED) is 0.790. The van der Waals surface area contributed by atoms with Crippen molar-refractivity contribution in [2.24, 2.45) is 17.8 Å². The minimum Gasteiger partial charge on any atom is -0.396 e. The van der Waals surface area contributed by atoms with E-state index in [1.54, 1.807) is 0 Å². The summed E-state index contributed by atoms with van der Waals surface area (Å²) in [4.78, 5) is 0. The van der Waals surface area contributed by atoms with Crippen LogP contribution in [0.1, 0.15) is 46.0 Å². The smallest absolute Gasteiger partial charge is 0.0667 e. The third-order valence-corrected chi connectivity index (χ3v) is 5.38. The van der Waals surface area contributed by atoms with Gasteiger partial charge in [-0.2, -0.15) is 17.0 Å². The lowest BCUT2D eigenvalue weighted by Gasteiger charge is -2.32. The number of hydrogen-bond donors (Lipinski definition) is 1. The first-order chi connectivity index (χ1) is 8.21. The lowest BCUT2D eigenvalue weighted by Crippen LogP contribution is -2.27. The van der Waals surface area contributed by atoms with Crippen LogP contribution >= 0.6 is 11.8 Å². The summed E-state index contributed by atoms with van der Waals surface area (Å²) in [5.74, 6) is 2.40. The van der Waals surface area contributed by atoms with Crippen LogP contribution in [-0.4, -0.2) is 22.7 Å². The third-order valence-electron chi connectivity index (χ3n) is 3.67. The standard InChI is InChI=1S/C14H25NOS/c1-3-4-12-5-6-13(8-15)14(7-12)17-10-11(2)9-16/h11-14,16H,3-7,9-10H2,1-2H3. The van der Waals surface area contributed by atoms with Gasteiger partial charge in [-0.1, -0.05) is 26.7 Å². The molecule has 3 heteroatoms. The molecule has 0 heterocycles. The van der Waals surface area contributed by atoms with E-state index in [1.165, 1.54) is 25.7 Å². The Hall–Kier alpha value is -0.200. The van der Waals surface area contributed by atoms with E-state index in [0.29, 0.717) is 11.2 Å². The number of nitrogens with zero attached hydrogens (tertiary/aromatic N) is 1. The Bertz CT molecular complexity index is 251. The minimum atomic E-state index is 0.235. The molecule has 0 spiro atoms. The fourth-order valence-corrected chi connectivity index (χ4v) is 4.07. The number of hydrogen-bond acceptors (Lipinski definition) is 3. The van der Waals surface area contributed by atoms with Gasteiger partial charge in [-0.05, 0) is 36.9 Å². The van der Waals surface area contributed by atoms with E-state index in [9.17, 15) is 5.26 Å². The molecular weight excluding hydrogens is 230 g/mol. The van der Waals surface area contributed by atoms with Gasteiger partial charge < -0.3 is 5.11 Å². The van der Waals surface area contributed by atoms with Gasteiger partial charge in [-0.25, -0.2) is 0 Å². The summed E-state index contributed by atoms with van der Waals surface area (Å²) in [5, 5.41) is 18.7. The SMILES string of the molecule is CCCC1CCC(C#N)C(SCC(C)CO)C1. The molecule has 0 saturated heterocycles. The van der Waals surface area contributed by atoms with E-state index in [-0.39, 0.29) is 12.5 Å². The Morgan fingerprint density at radius 1 is 1.47 bits per heavy atom. The summed E-state index contributed by atoms with van der Waals surface area (Å²) >= 11 is 1.91. The molecule has 0 aromatic carbocycles. The Kier molecular flexibility index (Phi) is 6.99. The predicted octanol–water partition coefficient (Wildman–Crippen LogP) is 3.46. The predicted molar refractivity (Wildman–Crippen MR) is 73.8 cm³/mol. The summed E-state index contributed by atoms with van der Waals surface area (Å²) in [7, 11) is 0. The number of thioether (sulfide) groups is 1. The molecule has 1 fully saturated rings. The van der Waals surface area contributed by atoms with Crippen LogP contribution in [0.3, 0.4) is 0 Å². The zero-order chi connectivity index (χ0) is 12.7. The average Bonchev–Trinajstić information content (AvgIpc) is 2.36. The van der Waals surface area contributed by atoms with Crippen molar-refractivity contribution in [1.82, 2.24) is 0 Å². The summed E-state index contributed by atoms with van der Waals surface area (Å²) in [6.45, 7) is 4.57. The molecule has 0 radical (unpaired) electrons. The monoisotopic (exact) mass is 255 g/mol. The first-order valence-corrected chi connectivity index (χ1v) is 7.88. The molecule has 1 aliphatic rings.